The highest BCUT2D eigenvalue weighted by atomic mass is 35.5. The van der Waals surface area contributed by atoms with Gasteiger partial charge in [-0.25, -0.2) is 0 Å². The molecule has 5 heteroatoms. The molecule has 0 spiro atoms. The molecular formula is C11H16ClNO3. The summed E-state index contributed by atoms with van der Waals surface area (Å²) in [5.74, 6) is 0.421. The van der Waals surface area contributed by atoms with Gasteiger partial charge >= 0.3 is 0 Å². The second-order valence-electron chi connectivity index (χ2n) is 3.55. The molecule has 0 saturated heterocycles. The molecule has 0 bridgehead atoms. The number of benzene rings is 1. The molecule has 0 aliphatic carbocycles. The summed E-state index contributed by atoms with van der Waals surface area (Å²) in [4.78, 5) is 0. The fourth-order valence-electron chi connectivity index (χ4n) is 1.59. The van der Waals surface area contributed by atoms with Crippen LogP contribution in [-0.4, -0.2) is 23.9 Å². The van der Waals surface area contributed by atoms with E-state index in [-0.39, 0.29) is 5.75 Å². The van der Waals surface area contributed by atoms with Crippen molar-refractivity contribution in [2.24, 2.45) is 5.73 Å². The van der Waals surface area contributed by atoms with E-state index >= 15 is 0 Å². The Labute approximate surface area is 99.6 Å². The van der Waals surface area contributed by atoms with Crippen LogP contribution in [0.4, 0.5) is 0 Å². The average molecular weight is 246 g/mol. The molecule has 4 N–H and O–H groups in total. The number of ether oxygens (including phenoxy) is 1. The quantitative estimate of drug-likeness (QED) is 0.755. The van der Waals surface area contributed by atoms with Crippen molar-refractivity contribution in [3.63, 3.8) is 0 Å². The normalized spacial score (nSPS) is 12.6. The Bertz CT molecular complexity index is 382. The third kappa shape index (κ3) is 2.40. The molecule has 1 rings (SSSR count). The third-order valence-electron chi connectivity index (χ3n) is 2.47. The number of aliphatic hydroxyl groups excluding tert-OH is 1. The number of phenols is 1. The summed E-state index contributed by atoms with van der Waals surface area (Å²) < 4.78 is 5.05. The standard InChI is InChI=1S/C11H16ClNO3/c1-6-10(15)7(9(14)3-4-13)5-8(12)11(6)16-2/h5,9,14-15H,3-4,13H2,1-2H3. The minimum atomic E-state index is -0.813. The van der Waals surface area contributed by atoms with Gasteiger partial charge in [-0.15, -0.1) is 0 Å². The van der Waals surface area contributed by atoms with Gasteiger partial charge in [-0.2, -0.15) is 0 Å². The molecule has 0 aliphatic rings. The van der Waals surface area contributed by atoms with Gasteiger partial charge in [0.2, 0.25) is 0 Å². The lowest BCUT2D eigenvalue weighted by atomic mass is 10.0. The van der Waals surface area contributed by atoms with Crippen molar-refractivity contribution >= 4 is 11.6 Å². The Morgan fingerprint density at radius 3 is 2.69 bits per heavy atom. The molecule has 0 fully saturated rings. The highest BCUT2D eigenvalue weighted by Gasteiger charge is 2.18. The van der Waals surface area contributed by atoms with E-state index in [1.807, 2.05) is 0 Å². The predicted octanol–water partition coefficient (Wildman–Crippen LogP) is 1.74. The number of aromatic hydroxyl groups is 1. The molecule has 0 aromatic heterocycles. The van der Waals surface area contributed by atoms with E-state index in [2.05, 4.69) is 0 Å². The van der Waals surface area contributed by atoms with Crippen LogP contribution in [0.2, 0.25) is 5.02 Å². The van der Waals surface area contributed by atoms with E-state index in [1.54, 1.807) is 6.92 Å². The molecule has 0 saturated carbocycles. The van der Waals surface area contributed by atoms with Gasteiger partial charge in [-0.05, 0) is 26.0 Å². The fraction of sp³-hybridized carbons (Fsp3) is 0.455. The van der Waals surface area contributed by atoms with Crippen LogP contribution in [0.3, 0.4) is 0 Å². The first-order chi connectivity index (χ1) is 7.52. The Morgan fingerprint density at radius 2 is 2.19 bits per heavy atom. The number of rotatable bonds is 4. The van der Waals surface area contributed by atoms with Crippen molar-refractivity contribution < 1.29 is 14.9 Å². The lowest BCUT2D eigenvalue weighted by Gasteiger charge is -2.16. The summed E-state index contributed by atoms with van der Waals surface area (Å²) in [6.45, 7) is 2.02. The van der Waals surface area contributed by atoms with Crippen molar-refractivity contribution in [3.05, 3.63) is 22.2 Å². The van der Waals surface area contributed by atoms with Crippen LogP contribution in [0.1, 0.15) is 23.7 Å². The SMILES string of the molecule is COc1c(Cl)cc(C(O)CCN)c(O)c1C. The van der Waals surface area contributed by atoms with Gasteiger partial charge in [0.25, 0.3) is 0 Å². The van der Waals surface area contributed by atoms with Gasteiger partial charge in [-0.1, -0.05) is 11.6 Å². The second kappa shape index (κ2) is 5.39. The van der Waals surface area contributed by atoms with Crippen LogP contribution in [0, 0.1) is 6.92 Å². The zero-order valence-corrected chi connectivity index (χ0v) is 10.1. The Morgan fingerprint density at radius 1 is 1.56 bits per heavy atom. The largest absolute Gasteiger partial charge is 0.507 e. The van der Waals surface area contributed by atoms with E-state index in [0.29, 0.717) is 34.9 Å². The molecular weight excluding hydrogens is 230 g/mol. The first kappa shape index (κ1) is 13.1. The fourth-order valence-corrected chi connectivity index (χ4v) is 1.93. The van der Waals surface area contributed by atoms with Gasteiger partial charge < -0.3 is 20.7 Å². The maximum absolute atomic E-state index is 9.89. The van der Waals surface area contributed by atoms with Gasteiger partial charge in [0.15, 0.2) is 0 Å². The molecule has 0 heterocycles. The highest BCUT2D eigenvalue weighted by Crippen LogP contribution is 2.40. The lowest BCUT2D eigenvalue weighted by molar-refractivity contribution is 0.166. The number of halogens is 1. The minimum absolute atomic E-state index is 0.00204. The zero-order chi connectivity index (χ0) is 12.3. The third-order valence-corrected chi connectivity index (χ3v) is 2.75. The first-order valence-corrected chi connectivity index (χ1v) is 5.34. The van der Waals surface area contributed by atoms with Crippen molar-refractivity contribution in [2.45, 2.75) is 19.4 Å². The highest BCUT2D eigenvalue weighted by molar-refractivity contribution is 6.32. The van der Waals surface area contributed by atoms with Crippen LogP contribution in [0.15, 0.2) is 6.07 Å². The molecule has 0 amide bonds. The summed E-state index contributed by atoms with van der Waals surface area (Å²) in [7, 11) is 1.48. The zero-order valence-electron chi connectivity index (χ0n) is 9.33. The Hall–Kier alpha value is -0.970. The molecule has 1 aromatic rings. The molecule has 1 aromatic carbocycles. The summed E-state index contributed by atoms with van der Waals surface area (Å²) in [5.41, 5.74) is 6.25. The smallest absolute Gasteiger partial charge is 0.144 e. The molecule has 0 radical (unpaired) electrons. The van der Waals surface area contributed by atoms with Gasteiger partial charge in [-0.3, -0.25) is 0 Å². The topological polar surface area (TPSA) is 75.7 Å². The summed E-state index contributed by atoms with van der Waals surface area (Å²) in [6.07, 6.45) is -0.442. The molecule has 0 aliphatic heterocycles. The van der Waals surface area contributed by atoms with Crippen LogP contribution < -0.4 is 10.5 Å². The minimum Gasteiger partial charge on any atom is -0.507 e. The average Bonchev–Trinajstić information content (AvgIpc) is 2.24. The van der Waals surface area contributed by atoms with Gasteiger partial charge in [0.05, 0.1) is 18.2 Å². The molecule has 1 unspecified atom stereocenters. The Balaban J connectivity index is 3.22. The number of hydrogen-bond donors (Lipinski definition) is 3. The lowest BCUT2D eigenvalue weighted by Crippen LogP contribution is -2.07. The van der Waals surface area contributed by atoms with Crippen LogP contribution in [-0.2, 0) is 0 Å². The van der Waals surface area contributed by atoms with Crippen LogP contribution in [0.25, 0.3) is 0 Å². The van der Waals surface area contributed by atoms with Gasteiger partial charge in [0.1, 0.15) is 11.5 Å². The second-order valence-corrected chi connectivity index (χ2v) is 3.95. The van der Waals surface area contributed by atoms with Crippen molar-refractivity contribution in [1.29, 1.82) is 0 Å². The van der Waals surface area contributed by atoms with E-state index in [0.717, 1.165) is 0 Å². The number of methoxy groups -OCH3 is 1. The van der Waals surface area contributed by atoms with Crippen molar-refractivity contribution in [2.75, 3.05) is 13.7 Å². The summed E-state index contributed by atoms with van der Waals surface area (Å²) in [6, 6.07) is 1.50. The van der Waals surface area contributed by atoms with E-state index < -0.39 is 6.10 Å². The summed E-state index contributed by atoms with van der Waals surface area (Å²) in [5, 5.41) is 20.0. The maximum atomic E-state index is 9.89. The Kier molecular flexibility index (Phi) is 4.41. The molecule has 16 heavy (non-hydrogen) atoms. The summed E-state index contributed by atoms with van der Waals surface area (Å²) >= 11 is 5.97. The van der Waals surface area contributed by atoms with Crippen molar-refractivity contribution in [1.82, 2.24) is 0 Å². The number of phenolic OH excluding ortho intramolecular Hbond substituents is 1. The van der Waals surface area contributed by atoms with Crippen LogP contribution >= 0.6 is 11.6 Å². The maximum Gasteiger partial charge on any atom is 0.144 e. The molecule has 1 atom stereocenters. The monoisotopic (exact) mass is 245 g/mol. The predicted molar refractivity (Wildman–Crippen MR) is 63.0 cm³/mol. The van der Waals surface area contributed by atoms with E-state index in [4.69, 9.17) is 22.1 Å². The van der Waals surface area contributed by atoms with Gasteiger partial charge in [0, 0.05) is 11.1 Å². The van der Waals surface area contributed by atoms with Crippen molar-refractivity contribution in [3.8, 4) is 11.5 Å². The number of hydrogen-bond acceptors (Lipinski definition) is 4. The first-order valence-electron chi connectivity index (χ1n) is 4.97. The van der Waals surface area contributed by atoms with Crippen LogP contribution in [0.5, 0.6) is 11.5 Å². The number of aliphatic hydroxyl groups is 1. The molecule has 4 nitrogen and oxygen atoms in total. The van der Waals surface area contributed by atoms with E-state index in [9.17, 15) is 10.2 Å². The molecule has 90 valence electrons. The van der Waals surface area contributed by atoms with E-state index in [1.165, 1.54) is 13.2 Å². The number of nitrogens with two attached hydrogens (primary N) is 1.